The van der Waals surface area contributed by atoms with Gasteiger partial charge >= 0.3 is 5.97 Å². The molecular formula is C23H25ClN2O4. The van der Waals surface area contributed by atoms with Gasteiger partial charge in [-0.15, -0.1) is 0 Å². The molecule has 6 nitrogen and oxygen atoms in total. The zero-order valence-electron chi connectivity index (χ0n) is 16.9. The van der Waals surface area contributed by atoms with Crippen molar-refractivity contribution in [3.05, 3.63) is 74.8 Å². The van der Waals surface area contributed by atoms with Gasteiger partial charge in [-0.25, -0.2) is 0 Å². The lowest BCUT2D eigenvalue weighted by molar-refractivity contribution is -0.384. The van der Waals surface area contributed by atoms with E-state index in [1.165, 1.54) is 12.1 Å². The summed E-state index contributed by atoms with van der Waals surface area (Å²) < 4.78 is 5.71. The molecule has 0 unspecified atom stereocenters. The van der Waals surface area contributed by atoms with Gasteiger partial charge in [-0.1, -0.05) is 35.9 Å². The molecule has 4 atom stereocenters. The molecule has 2 heterocycles. The summed E-state index contributed by atoms with van der Waals surface area (Å²) in [5, 5.41) is 11.5. The average Bonchev–Trinajstić information content (AvgIpc) is 2.97. The predicted octanol–water partition coefficient (Wildman–Crippen LogP) is 4.60. The largest absolute Gasteiger partial charge is 0.465 e. The maximum atomic E-state index is 13.2. The third-order valence-corrected chi connectivity index (χ3v) is 6.87. The molecule has 0 radical (unpaired) electrons. The van der Waals surface area contributed by atoms with Gasteiger partial charge in [0.1, 0.15) is 0 Å². The maximum absolute atomic E-state index is 13.2. The summed E-state index contributed by atoms with van der Waals surface area (Å²) in [4.78, 5) is 25.8. The third kappa shape index (κ3) is 4.20. The summed E-state index contributed by atoms with van der Waals surface area (Å²) in [6.45, 7) is 0.264. The number of ether oxygens (including phenoxy) is 1. The summed E-state index contributed by atoms with van der Waals surface area (Å²) in [5.74, 6) is -0.233. The molecule has 2 aliphatic heterocycles. The standard InChI is InChI=1S/C23H25ClN2O4/c1-25-19-10-11-21(25)22(20(14-19)16-4-6-17(24)7-5-16)23(27)30-13-12-15-2-8-18(9-3-15)26(28)29/h2-9,19-22H,10-14H2,1H3/t19-,20+,21+,22-/m0/s1. The fourth-order valence-corrected chi connectivity index (χ4v) is 5.12. The van der Waals surface area contributed by atoms with E-state index in [1.54, 1.807) is 12.1 Å². The van der Waals surface area contributed by atoms with Gasteiger partial charge in [0.15, 0.2) is 0 Å². The Morgan fingerprint density at radius 2 is 1.87 bits per heavy atom. The minimum Gasteiger partial charge on any atom is -0.465 e. The fourth-order valence-electron chi connectivity index (χ4n) is 4.99. The van der Waals surface area contributed by atoms with Crippen molar-refractivity contribution < 1.29 is 14.5 Å². The first kappa shape index (κ1) is 20.8. The molecule has 0 spiro atoms. The van der Waals surface area contributed by atoms with Gasteiger partial charge < -0.3 is 4.74 Å². The number of hydrogen-bond donors (Lipinski definition) is 0. The third-order valence-electron chi connectivity index (χ3n) is 6.62. The molecule has 2 aromatic carbocycles. The lowest BCUT2D eigenvalue weighted by Crippen LogP contribution is -2.49. The number of esters is 1. The molecule has 4 rings (SSSR count). The molecule has 0 aromatic heterocycles. The topological polar surface area (TPSA) is 72.7 Å². The molecule has 0 N–H and O–H groups in total. The second kappa shape index (κ2) is 8.74. The van der Waals surface area contributed by atoms with Crippen LogP contribution in [0.5, 0.6) is 0 Å². The van der Waals surface area contributed by atoms with Crippen molar-refractivity contribution in [2.75, 3.05) is 13.7 Å². The number of carbonyl (C=O) groups excluding carboxylic acids is 1. The molecule has 30 heavy (non-hydrogen) atoms. The summed E-state index contributed by atoms with van der Waals surface area (Å²) in [7, 11) is 2.11. The Morgan fingerprint density at radius 1 is 1.17 bits per heavy atom. The van der Waals surface area contributed by atoms with Gasteiger partial charge in [-0.05, 0) is 49.6 Å². The van der Waals surface area contributed by atoms with Gasteiger partial charge in [-0.2, -0.15) is 0 Å². The van der Waals surface area contributed by atoms with Crippen molar-refractivity contribution in [3.8, 4) is 0 Å². The number of nitro groups is 1. The molecule has 2 saturated heterocycles. The lowest BCUT2D eigenvalue weighted by atomic mass is 9.76. The average molecular weight is 429 g/mol. The number of carbonyl (C=O) groups is 1. The Balaban J connectivity index is 1.44. The molecular weight excluding hydrogens is 404 g/mol. The van der Waals surface area contributed by atoms with E-state index in [9.17, 15) is 14.9 Å². The number of nitrogens with zero attached hydrogens (tertiary/aromatic N) is 2. The van der Waals surface area contributed by atoms with Crippen molar-refractivity contribution in [3.63, 3.8) is 0 Å². The van der Waals surface area contributed by atoms with E-state index in [0.717, 1.165) is 30.4 Å². The van der Waals surface area contributed by atoms with Gasteiger partial charge in [0.25, 0.3) is 5.69 Å². The van der Waals surface area contributed by atoms with Crippen LogP contribution in [0.4, 0.5) is 5.69 Å². The van der Waals surface area contributed by atoms with Crippen LogP contribution in [-0.2, 0) is 16.0 Å². The van der Waals surface area contributed by atoms with E-state index < -0.39 is 4.92 Å². The Kier molecular flexibility index (Phi) is 6.06. The van der Waals surface area contributed by atoms with Crippen LogP contribution in [0.3, 0.4) is 0 Å². The normalized spacial score (nSPS) is 25.8. The van der Waals surface area contributed by atoms with E-state index in [4.69, 9.17) is 16.3 Å². The SMILES string of the molecule is CN1[C@H]2CC[C@@H]1[C@@H](C(=O)OCCc1ccc([N+](=O)[O-])cc1)[C@@H](c1ccc(Cl)cc1)C2. The van der Waals surface area contributed by atoms with E-state index in [-0.39, 0.29) is 36.1 Å². The number of rotatable bonds is 6. The highest BCUT2D eigenvalue weighted by molar-refractivity contribution is 6.30. The minimum absolute atomic E-state index is 0.0579. The maximum Gasteiger partial charge on any atom is 0.311 e. The van der Waals surface area contributed by atoms with Crippen LogP contribution in [0.15, 0.2) is 48.5 Å². The first-order chi connectivity index (χ1) is 14.4. The molecule has 0 amide bonds. The molecule has 0 saturated carbocycles. The van der Waals surface area contributed by atoms with Gasteiger partial charge in [-0.3, -0.25) is 19.8 Å². The van der Waals surface area contributed by atoms with Crippen molar-refractivity contribution in [2.45, 2.75) is 43.7 Å². The van der Waals surface area contributed by atoms with Crippen molar-refractivity contribution in [1.82, 2.24) is 4.90 Å². The van der Waals surface area contributed by atoms with Crippen LogP contribution < -0.4 is 0 Å². The molecule has 7 heteroatoms. The van der Waals surface area contributed by atoms with Crippen molar-refractivity contribution in [2.24, 2.45) is 5.92 Å². The number of fused-ring (bicyclic) bond motifs is 2. The van der Waals surface area contributed by atoms with Crippen LogP contribution in [0.25, 0.3) is 0 Å². The molecule has 2 bridgehead atoms. The zero-order chi connectivity index (χ0) is 21.3. The molecule has 2 fully saturated rings. The summed E-state index contributed by atoms with van der Waals surface area (Å²) in [6.07, 6.45) is 3.59. The smallest absolute Gasteiger partial charge is 0.311 e. The highest BCUT2D eigenvalue weighted by Crippen LogP contribution is 2.46. The van der Waals surface area contributed by atoms with E-state index in [1.807, 2.05) is 24.3 Å². The van der Waals surface area contributed by atoms with Gasteiger partial charge in [0.05, 0.1) is 17.4 Å². The first-order valence-electron chi connectivity index (χ1n) is 10.3. The zero-order valence-corrected chi connectivity index (χ0v) is 17.6. The summed E-state index contributed by atoms with van der Waals surface area (Å²) in [6, 6.07) is 14.9. The number of hydrogen-bond acceptors (Lipinski definition) is 5. The molecule has 2 aliphatic rings. The first-order valence-corrected chi connectivity index (χ1v) is 10.7. The highest BCUT2D eigenvalue weighted by Gasteiger charge is 2.49. The second-order valence-electron chi connectivity index (χ2n) is 8.22. The highest BCUT2D eigenvalue weighted by atomic mass is 35.5. The van der Waals surface area contributed by atoms with Crippen LogP contribution >= 0.6 is 11.6 Å². The van der Waals surface area contributed by atoms with E-state index in [0.29, 0.717) is 17.5 Å². The summed E-state index contributed by atoms with van der Waals surface area (Å²) >= 11 is 6.06. The Hall–Kier alpha value is -2.44. The Labute approximate surface area is 180 Å². The Morgan fingerprint density at radius 3 is 2.53 bits per heavy atom. The monoisotopic (exact) mass is 428 g/mol. The molecule has 158 valence electrons. The molecule has 2 aromatic rings. The molecule has 0 aliphatic carbocycles. The van der Waals surface area contributed by atoms with Crippen LogP contribution in [0, 0.1) is 16.0 Å². The van der Waals surface area contributed by atoms with Gasteiger partial charge in [0, 0.05) is 41.6 Å². The van der Waals surface area contributed by atoms with Gasteiger partial charge in [0.2, 0.25) is 0 Å². The van der Waals surface area contributed by atoms with Crippen LogP contribution in [-0.4, -0.2) is 41.5 Å². The van der Waals surface area contributed by atoms with Crippen LogP contribution in [0.1, 0.15) is 36.3 Å². The van der Waals surface area contributed by atoms with Crippen LogP contribution in [0.2, 0.25) is 5.02 Å². The predicted molar refractivity (Wildman–Crippen MR) is 115 cm³/mol. The quantitative estimate of drug-likeness (QED) is 0.382. The van der Waals surface area contributed by atoms with Crippen molar-refractivity contribution >= 4 is 23.3 Å². The number of halogens is 1. The lowest BCUT2D eigenvalue weighted by Gasteiger charge is -2.42. The number of non-ortho nitro benzene ring substituents is 1. The fraction of sp³-hybridized carbons (Fsp3) is 0.435. The second-order valence-corrected chi connectivity index (χ2v) is 8.66. The van der Waals surface area contributed by atoms with E-state index >= 15 is 0 Å². The number of piperidine rings is 1. The van der Waals surface area contributed by atoms with E-state index in [2.05, 4.69) is 11.9 Å². The Bertz CT molecular complexity index is 916. The van der Waals surface area contributed by atoms with Crippen molar-refractivity contribution in [1.29, 1.82) is 0 Å². The number of benzene rings is 2. The summed E-state index contributed by atoms with van der Waals surface area (Å²) in [5.41, 5.74) is 2.11. The number of nitro benzene ring substituents is 1. The minimum atomic E-state index is -0.421.